The molecule has 2 aromatic rings. The molecule has 40 heavy (non-hydrogen) atoms. The van der Waals surface area contributed by atoms with Gasteiger partial charge in [-0.2, -0.15) is 0 Å². The number of ketones is 1. The predicted octanol–water partition coefficient (Wildman–Crippen LogP) is 9.28. The van der Waals surface area contributed by atoms with Crippen molar-refractivity contribution in [3.05, 3.63) is 88.9 Å². The van der Waals surface area contributed by atoms with Crippen molar-refractivity contribution in [1.29, 1.82) is 0 Å². The Kier molecular flexibility index (Phi) is 13.7. The first-order valence-corrected chi connectivity index (χ1v) is 15.3. The van der Waals surface area contributed by atoms with Gasteiger partial charge in [0.15, 0.2) is 11.5 Å². The second kappa shape index (κ2) is 17.5. The third-order valence-electron chi connectivity index (χ3n) is 7.75. The highest BCUT2D eigenvalue weighted by atomic mass is 19.1. The Hall–Kier alpha value is -3.21. The molecule has 1 N–H and O–H groups in total. The Balaban J connectivity index is 1.50. The molecule has 1 aliphatic rings. The van der Waals surface area contributed by atoms with Crippen molar-refractivity contribution < 1.29 is 19.1 Å². The minimum atomic E-state index is -0.941. The second-order valence-corrected chi connectivity index (χ2v) is 10.9. The maximum atomic E-state index is 14.9. The number of carbonyl (C=O) groups excluding carboxylic acids is 2. The Morgan fingerprint density at radius 1 is 0.800 bits per heavy atom. The van der Waals surface area contributed by atoms with Crippen LogP contribution in [0.2, 0.25) is 0 Å². The number of amides is 1. The maximum absolute atomic E-state index is 14.9. The number of aliphatic hydroxyl groups is 1. The van der Waals surface area contributed by atoms with Crippen molar-refractivity contribution in [3.8, 4) is 0 Å². The molecule has 1 amide bonds. The molecule has 4 nitrogen and oxygen atoms in total. The Labute approximate surface area is 240 Å². The summed E-state index contributed by atoms with van der Waals surface area (Å²) < 4.78 is 14.9. The first-order chi connectivity index (χ1) is 19.5. The normalized spacial score (nSPS) is 15.5. The summed E-state index contributed by atoms with van der Waals surface area (Å²) in [6, 6.07) is 14.5. The summed E-state index contributed by atoms with van der Waals surface area (Å²) >= 11 is 0. The van der Waals surface area contributed by atoms with E-state index in [-0.39, 0.29) is 11.1 Å². The Bertz CT molecular complexity index is 1120. The van der Waals surface area contributed by atoms with Crippen molar-refractivity contribution in [2.45, 2.75) is 103 Å². The molecule has 0 fully saturated rings. The summed E-state index contributed by atoms with van der Waals surface area (Å²) in [4.78, 5) is 27.7. The number of allylic oxidation sites excluding steroid dienone is 1. The number of carbonyl (C=O) groups is 2. The SMILES string of the molecule is CCCCCCCCCCCCCCCCN1C(=O)C(O)=C(C(=O)C=Cc2ccccc2)C1c1ccccc1F. The maximum Gasteiger partial charge on any atom is 0.290 e. The zero-order valence-corrected chi connectivity index (χ0v) is 24.1. The van der Waals surface area contributed by atoms with Gasteiger partial charge in [0, 0.05) is 12.1 Å². The summed E-state index contributed by atoms with van der Waals surface area (Å²) in [5.74, 6) is -2.19. The summed E-state index contributed by atoms with van der Waals surface area (Å²) in [5, 5.41) is 10.7. The first kappa shape index (κ1) is 31.3. The zero-order chi connectivity index (χ0) is 28.6. The van der Waals surface area contributed by atoms with E-state index in [0.717, 1.165) is 24.8 Å². The summed E-state index contributed by atoms with van der Waals surface area (Å²) in [5.41, 5.74) is 0.983. The lowest BCUT2D eigenvalue weighted by Gasteiger charge is -2.27. The molecular formula is C35H46FNO3. The lowest BCUT2D eigenvalue weighted by molar-refractivity contribution is -0.129. The number of nitrogens with zero attached hydrogens (tertiary/aromatic N) is 1. The van der Waals surface area contributed by atoms with Gasteiger partial charge in [-0.3, -0.25) is 9.59 Å². The lowest BCUT2D eigenvalue weighted by atomic mass is 9.95. The molecule has 3 rings (SSSR count). The van der Waals surface area contributed by atoms with Crippen LogP contribution in [-0.2, 0) is 9.59 Å². The summed E-state index contributed by atoms with van der Waals surface area (Å²) in [7, 11) is 0. The van der Waals surface area contributed by atoms with E-state index in [0.29, 0.717) is 6.54 Å². The smallest absolute Gasteiger partial charge is 0.290 e. The zero-order valence-electron chi connectivity index (χ0n) is 24.1. The van der Waals surface area contributed by atoms with Gasteiger partial charge in [0.25, 0.3) is 5.91 Å². The highest BCUT2D eigenvalue weighted by molar-refractivity contribution is 6.14. The van der Waals surface area contributed by atoms with Crippen LogP contribution in [0.15, 0.2) is 72.0 Å². The van der Waals surface area contributed by atoms with Gasteiger partial charge in [0.1, 0.15) is 5.82 Å². The fourth-order valence-corrected chi connectivity index (χ4v) is 5.46. The molecule has 5 heteroatoms. The number of hydrogen-bond acceptors (Lipinski definition) is 3. The first-order valence-electron chi connectivity index (χ1n) is 15.3. The number of unbranched alkanes of at least 4 members (excludes halogenated alkanes) is 13. The molecule has 0 spiro atoms. The van der Waals surface area contributed by atoms with Crippen molar-refractivity contribution in [2.24, 2.45) is 0 Å². The monoisotopic (exact) mass is 547 g/mol. The van der Waals surface area contributed by atoms with Crippen molar-refractivity contribution in [2.75, 3.05) is 6.54 Å². The standard InChI is InChI=1S/C35H46FNO3/c1-2-3-4-5-6-7-8-9-10-11-12-13-14-20-27-37-33(29-23-18-19-24-30(29)36)32(34(39)35(37)40)31(38)26-25-28-21-16-15-17-22-28/h15-19,21-26,33,39H,2-14,20,27H2,1H3. The molecule has 0 aromatic heterocycles. The van der Waals surface area contributed by atoms with E-state index < -0.39 is 29.3 Å². The summed E-state index contributed by atoms with van der Waals surface area (Å²) in [6.07, 6.45) is 20.2. The van der Waals surface area contributed by atoms with Crippen LogP contribution >= 0.6 is 0 Å². The third kappa shape index (κ3) is 9.46. The molecule has 1 atom stereocenters. The van der Waals surface area contributed by atoms with Crippen LogP contribution in [0.4, 0.5) is 4.39 Å². The molecule has 0 radical (unpaired) electrons. The molecule has 1 unspecified atom stereocenters. The summed E-state index contributed by atoms with van der Waals surface area (Å²) in [6.45, 7) is 2.61. The van der Waals surface area contributed by atoms with E-state index in [1.165, 1.54) is 87.7 Å². The van der Waals surface area contributed by atoms with E-state index in [4.69, 9.17) is 0 Å². The van der Waals surface area contributed by atoms with Crippen molar-refractivity contribution in [3.63, 3.8) is 0 Å². The largest absolute Gasteiger partial charge is 0.503 e. The van der Waals surface area contributed by atoms with Crippen LogP contribution in [-0.4, -0.2) is 28.2 Å². The van der Waals surface area contributed by atoms with Gasteiger partial charge in [-0.1, -0.05) is 145 Å². The van der Waals surface area contributed by atoms with Gasteiger partial charge in [-0.25, -0.2) is 4.39 Å². The van der Waals surface area contributed by atoms with Gasteiger partial charge in [-0.05, 0) is 24.1 Å². The molecule has 0 bridgehead atoms. The van der Waals surface area contributed by atoms with Gasteiger partial charge >= 0.3 is 0 Å². The number of benzene rings is 2. The Morgan fingerprint density at radius 3 is 1.90 bits per heavy atom. The van der Waals surface area contributed by atoms with E-state index in [9.17, 15) is 19.1 Å². The van der Waals surface area contributed by atoms with Gasteiger partial charge in [-0.15, -0.1) is 0 Å². The average molecular weight is 548 g/mol. The van der Waals surface area contributed by atoms with Crippen LogP contribution in [0.5, 0.6) is 0 Å². The van der Waals surface area contributed by atoms with Crippen molar-refractivity contribution >= 4 is 17.8 Å². The fraction of sp³-hybridized carbons (Fsp3) is 0.486. The van der Waals surface area contributed by atoms with Crippen LogP contribution < -0.4 is 0 Å². The van der Waals surface area contributed by atoms with Crippen LogP contribution in [0, 0.1) is 5.82 Å². The average Bonchev–Trinajstić information content (AvgIpc) is 3.22. The number of rotatable bonds is 19. The van der Waals surface area contributed by atoms with Crippen molar-refractivity contribution in [1.82, 2.24) is 4.90 Å². The van der Waals surface area contributed by atoms with Crippen LogP contribution in [0.25, 0.3) is 6.08 Å². The van der Waals surface area contributed by atoms with Gasteiger partial charge < -0.3 is 10.0 Å². The van der Waals surface area contributed by atoms with Crippen LogP contribution in [0.3, 0.4) is 0 Å². The third-order valence-corrected chi connectivity index (χ3v) is 7.75. The lowest BCUT2D eigenvalue weighted by Crippen LogP contribution is -2.32. The molecule has 1 heterocycles. The van der Waals surface area contributed by atoms with E-state index in [2.05, 4.69) is 6.92 Å². The number of aliphatic hydroxyl groups excluding tert-OH is 1. The number of hydrogen-bond donors (Lipinski definition) is 1. The van der Waals surface area contributed by atoms with Crippen LogP contribution in [0.1, 0.15) is 114 Å². The molecular weight excluding hydrogens is 501 g/mol. The topological polar surface area (TPSA) is 57.6 Å². The van der Waals surface area contributed by atoms with Gasteiger partial charge in [0.2, 0.25) is 0 Å². The predicted molar refractivity (Wildman–Crippen MR) is 161 cm³/mol. The van der Waals surface area contributed by atoms with E-state index in [1.807, 2.05) is 30.3 Å². The van der Waals surface area contributed by atoms with E-state index >= 15 is 0 Å². The molecule has 0 saturated heterocycles. The molecule has 1 aliphatic heterocycles. The quantitative estimate of drug-likeness (QED) is 0.141. The fourth-order valence-electron chi connectivity index (χ4n) is 5.46. The highest BCUT2D eigenvalue weighted by Gasteiger charge is 2.43. The van der Waals surface area contributed by atoms with Gasteiger partial charge in [0.05, 0.1) is 11.6 Å². The highest BCUT2D eigenvalue weighted by Crippen LogP contribution is 2.39. The molecule has 2 aromatic carbocycles. The van der Waals surface area contributed by atoms with E-state index in [1.54, 1.807) is 24.3 Å². The minimum Gasteiger partial charge on any atom is -0.503 e. The molecule has 0 saturated carbocycles. The Morgan fingerprint density at radius 2 is 1.32 bits per heavy atom. The number of halogens is 1. The molecule has 0 aliphatic carbocycles. The molecule has 216 valence electrons. The minimum absolute atomic E-state index is 0.0624. The second-order valence-electron chi connectivity index (χ2n) is 10.9.